The fourth-order valence-electron chi connectivity index (χ4n) is 5.83. The third kappa shape index (κ3) is 4.72. The van der Waals surface area contributed by atoms with E-state index in [1.54, 1.807) is 0 Å². The Labute approximate surface area is 280 Å². The van der Waals surface area contributed by atoms with Crippen LogP contribution in [0.2, 0.25) is 10.2 Å². The van der Waals surface area contributed by atoms with Gasteiger partial charge in [0.1, 0.15) is 27.6 Å². The maximum absolute atomic E-state index is 5.41. The zero-order chi connectivity index (χ0) is 32.2. The Kier molecular flexibility index (Phi) is 6.59. The summed E-state index contributed by atoms with van der Waals surface area (Å²) in [6, 6.07) is 32.2. The van der Waals surface area contributed by atoms with Crippen LogP contribution in [0.25, 0.3) is 89.7 Å². The Balaban J connectivity index is 0.000000347. The lowest BCUT2D eigenvalue weighted by molar-refractivity contribution is 0.865. The molecule has 11 nitrogen and oxygen atoms in total. The number of hydrogen-bond acceptors (Lipinski definition) is 9. The Morgan fingerprint density at radius 1 is 0.417 bits per heavy atom. The first-order valence-corrected chi connectivity index (χ1v) is 15.5. The zero-order valence-electron chi connectivity index (χ0n) is 24.6. The van der Waals surface area contributed by atoms with Crippen LogP contribution in [0.3, 0.4) is 0 Å². The second-order valence-electron chi connectivity index (χ2n) is 10.9. The summed E-state index contributed by atoms with van der Waals surface area (Å²) in [6.45, 7) is 0. The van der Waals surface area contributed by atoms with Crippen LogP contribution in [0.5, 0.6) is 0 Å². The average Bonchev–Trinajstić information content (AvgIpc) is 3.86. The minimum absolute atomic E-state index is 0.182. The molecule has 0 radical (unpaired) electrons. The molecule has 10 rings (SSSR count). The summed E-state index contributed by atoms with van der Waals surface area (Å²) >= 11 is 10.8. The van der Waals surface area contributed by atoms with Crippen molar-refractivity contribution in [3.63, 3.8) is 0 Å². The van der Waals surface area contributed by atoms with Gasteiger partial charge in [-0.05, 0) is 5.21 Å². The SMILES string of the molecule is Clc1cnnnc1Cl.c1ccc2c(c1)-c1nc-2nc2[nH]c(nc3nc(nc4[nH]c(n1)c1ccccc41)-c1ccccc1-3)c1ccccc21. The molecule has 0 fully saturated rings. The summed E-state index contributed by atoms with van der Waals surface area (Å²) in [4.78, 5) is 36.8. The van der Waals surface area contributed by atoms with Gasteiger partial charge in [0.05, 0.1) is 6.20 Å². The van der Waals surface area contributed by atoms with Gasteiger partial charge < -0.3 is 9.97 Å². The van der Waals surface area contributed by atoms with E-state index in [4.69, 9.17) is 53.1 Å². The zero-order valence-corrected chi connectivity index (χ0v) is 26.1. The molecule has 0 saturated heterocycles. The molecule has 8 bridgehead atoms. The molecule has 0 unspecified atom stereocenters. The normalized spacial score (nSPS) is 11.5. The van der Waals surface area contributed by atoms with Gasteiger partial charge in [-0.2, -0.15) is 0 Å². The Morgan fingerprint density at radius 3 is 1.04 bits per heavy atom. The van der Waals surface area contributed by atoms with Crippen molar-refractivity contribution < 1.29 is 0 Å². The predicted molar refractivity (Wildman–Crippen MR) is 186 cm³/mol. The minimum Gasteiger partial charge on any atom is -0.324 e. The summed E-state index contributed by atoms with van der Waals surface area (Å²) in [5.41, 5.74) is 6.45. The van der Waals surface area contributed by atoms with Crippen molar-refractivity contribution in [1.82, 2.24) is 55.3 Å². The first-order valence-electron chi connectivity index (χ1n) is 14.8. The quantitative estimate of drug-likeness (QED) is 0.164. The number of rotatable bonds is 0. The summed E-state index contributed by atoms with van der Waals surface area (Å²) in [5, 5.41) is 14.3. The van der Waals surface area contributed by atoms with Crippen molar-refractivity contribution in [2.45, 2.75) is 0 Å². The van der Waals surface area contributed by atoms with E-state index < -0.39 is 0 Å². The van der Waals surface area contributed by atoms with Gasteiger partial charge in [-0.1, -0.05) is 120 Å². The second kappa shape index (κ2) is 11.3. The van der Waals surface area contributed by atoms with E-state index in [1.165, 1.54) is 6.20 Å². The largest absolute Gasteiger partial charge is 0.324 e. The van der Waals surface area contributed by atoms with Crippen LogP contribution in [-0.2, 0) is 0 Å². The molecular formula is C35H19Cl2N11. The molecule has 0 aliphatic carbocycles. The van der Waals surface area contributed by atoms with E-state index in [-0.39, 0.29) is 5.15 Å². The topological polar surface area (TPSA) is 148 Å². The molecule has 48 heavy (non-hydrogen) atoms. The van der Waals surface area contributed by atoms with Crippen LogP contribution in [0, 0.1) is 0 Å². The first kappa shape index (κ1) is 28.1. The third-order valence-corrected chi connectivity index (χ3v) is 8.67. The number of halogens is 2. The van der Waals surface area contributed by atoms with Crippen LogP contribution >= 0.6 is 23.2 Å². The van der Waals surface area contributed by atoms with Gasteiger partial charge in [0.2, 0.25) is 0 Å². The molecule has 2 N–H and O–H groups in total. The van der Waals surface area contributed by atoms with E-state index >= 15 is 0 Å². The molecule has 8 aromatic rings. The molecule has 2 aliphatic rings. The lowest BCUT2D eigenvalue weighted by Gasteiger charge is -1.96. The van der Waals surface area contributed by atoms with E-state index in [9.17, 15) is 0 Å². The van der Waals surface area contributed by atoms with Crippen LogP contribution in [0.4, 0.5) is 0 Å². The number of nitrogens with zero attached hydrogens (tertiary/aromatic N) is 9. The van der Waals surface area contributed by atoms with Crippen molar-refractivity contribution in [3.8, 4) is 45.6 Å². The monoisotopic (exact) mass is 663 g/mol. The minimum atomic E-state index is 0.182. The molecule has 4 aromatic heterocycles. The first-order chi connectivity index (χ1) is 23.6. The lowest BCUT2D eigenvalue weighted by atomic mass is 10.1. The van der Waals surface area contributed by atoms with Gasteiger partial charge in [-0.15, -0.1) is 10.2 Å². The van der Waals surface area contributed by atoms with E-state index in [2.05, 4.69) is 25.4 Å². The van der Waals surface area contributed by atoms with E-state index in [0.717, 1.165) is 43.8 Å². The number of aromatic nitrogens is 11. The summed E-state index contributed by atoms with van der Waals surface area (Å²) in [6.07, 6.45) is 1.33. The maximum Gasteiger partial charge on any atom is 0.173 e. The smallest absolute Gasteiger partial charge is 0.173 e. The number of benzene rings is 4. The number of aromatic amines is 2. The summed E-state index contributed by atoms with van der Waals surface area (Å²) in [7, 11) is 0. The molecule has 0 atom stereocenters. The number of fused-ring (bicyclic) bond motifs is 20. The molecule has 2 aliphatic heterocycles. The van der Waals surface area contributed by atoms with Crippen LogP contribution < -0.4 is 0 Å². The van der Waals surface area contributed by atoms with Crippen LogP contribution in [0.1, 0.15) is 0 Å². The van der Waals surface area contributed by atoms with Crippen molar-refractivity contribution in [2.24, 2.45) is 0 Å². The van der Waals surface area contributed by atoms with Crippen molar-refractivity contribution in [2.75, 3.05) is 0 Å². The predicted octanol–water partition coefficient (Wildman–Crippen LogP) is 8.05. The fraction of sp³-hybridized carbons (Fsp3) is 0. The Hall–Kier alpha value is -6.17. The number of H-pyrrole nitrogens is 2. The van der Waals surface area contributed by atoms with Crippen molar-refractivity contribution in [3.05, 3.63) is 113 Å². The third-order valence-electron chi connectivity index (χ3n) is 8.01. The molecule has 0 spiro atoms. The molecule has 228 valence electrons. The molecule has 13 heteroatoms. The van der Waals surface area contributed by atoms with Crippen molar-refractivity contribution in [1.29, 1.82) is 0 Å². The molecule has 0 amide bonds. The summed E-state index contributed by atoms with van der Waals surface area (Å²) < 4.78 is 0. The lowest BCUT2D eigenvalue weighted by Crippen LogP contribution is -1.84. The summed E-state index contributed by atoms with van der Waals surface area (Å²) in [5.74, 6) is 2.39. The van der Waals surface area contributed by atoms with Gasteiger partial charge in [0, 0.05) is 43.8 Å². The highest BCUT2D eigenvalue weighted by atomic mass is 35.5. The van der Waals surface area contributed by atoms with Crippen LogP contribution in [0.15, 0.2) is 103 Å². The Bertz CT molecular complexity index is 2400. The number of nitrogens with one attached hydrogen (secondary N) is 2. The highest BCUT2D eigenvalue weighted by Gasteiger charge is 2.21. The van der Waals surface area contributed by atoms with Gasteiger partial charge >= 0.3 is 0 Å². The molecule has 4 aromatic carbocycles. The van der Waals surface area contributed by atoms with Crippen molar-refractivity contribution >= 4 is 67.3 Å². The fourth-order valence-corrected chi connectivity index (χ4v) is 6.00. The molecular weight excluding hydrogens is 645 g/mol. The second-order valence-corrected chi connectivity index (χ2v) is 11.6. The van der Waals surface area contributed by atoms with E-state index in [1.807, 2.05) is 97.1 Å². The van der Waals surface area contributed by atoms with Gasteiger partial charge in [0.25, 0.3) is 0 Å². The highest BCUT2D eigenvalue weighted by molar-refractivity contribution is 6.40. The number of hydrogen-bond donors (Lipinski definition) is 2. The van der Waals surface area contributed by atoms with Crippen LogP contribution in [-0.4, -0.2) is 55.3 Å². The van der Waals surface area contributed by atoms with Gasteiger partial charge in [-0.25, -0.2) is 29.9 Å². The average molecular weight is 665 g/mol. The Morgan fingerprint density at radius 2 is 0.750 bits per heavy atom. The van der Waals surface area contributed by atoms with E-state index in [0.29, 0.717) is 50.9 Å². The van der Waals surface area contributed by atoms with Gasteiger partial charge in [-0.3, -0.25) is 0 Å². The highest BCUT2D eigenvalue weighted by Crippen LogP contribution is 2.36. The standard InChI is InChI=1S/C32H18N8.C3HCl2N3/c1-2-10-18-17(9-1)25-33-26(18)38-28-21-13-5-6-14-22(21)30(35-28)40-32-24-16-8-7-15-23(24)31(36-32)39-29-20-12-4-3-11-19(20)27(34-29)37-25;4-2-1-6-8-7-3(2)5/h1-16H,(H2,33,34,35,36,37,38,39,40);1H. The van der Waals surface area contributed by atoms with Gasteiger partial charge in [0.15, 0.2) is 28.5 Å². The maximum atomic E-state index is 5.41. The molecule has 0 saturated carbocycles. The molecule has 6 heterocycles.